The highest BCUT2D eigenvalue weighted by Crippen LogP contribution is 2.35. The first-order chi connectivity index (χ1) is 16.0. The van der Waals surface area contributed by atoms with Crippen molar-refractivity contribution in [3.05, 3.63) is 124 Å². The molecule has 4 heteroatoms. The highest BCUT2D eigenvalue weighted by Gasteiger charge is 2.21. The number of benzene rings is 1. The number of rotatable bonds is 1. The Balaban J connectivity index is 1.53. The minimum Gasteiger partial charge on any atom is -0.249 e. The van der Waals surface area contributed by atoms with Gasteiger partial charge < -0.3 is 0 Å². The Labute approximate surface area is 193 Å². The van der Waals surface area contributed by atoms with Gasteiger partial charge in [0.25, 0.3) is 0 Å². The van der Waals surface area contributed by atoms with E-state index < -0.39 is 0 Å². The van der Waals surface area contributed by atoms with Gasteiger partial charge in [0.15, 0.2) is 0 Å². The summed E-state index contributed by atoms with van der Waals surface area (Å²) in [7, 11) is 0. The van der Waals surface area contributed by atoms with Crippen LogP contribution in [-0.4, -0.2) is 22.8 Å². The molecule has 0 N–H and O–H groups in total. The van der Waals surface area contributed by atoms with Crippen LogP contribution in [0.4, 0.5) is 0 Å². The van der Waals surface area contributed by atoms with Crippen LogP contribution in [0.25, 0.3) is 5.57 Å². The van der Waals surface area contributed by atoms with Crippen molar-refractivity contribution in [1.82, 2.24) is 0 Å². The van der Waals surface area contributed by atoms with Gasteiger partial charge in [-0.2, -0.15) is 0 Å². The SMILES string of the molecule is Cc1cc(C)c(C2=CC3=NC2=CC2=NC(=CC4=NC(=CC5=NC(=C3)C=C5)C=C4)C=C2)c(C)c1. The Hall–Kier alpha value is -4.18. The zero-order chi connectivity index (χ0) is 22.5. The van der Waals surface area contributed by atoms with Crippen molar-refractivity contribution in [2.45, 2.75) is 20.8 Å². The Morgan fingerprint density at radius 3 is 1.52 bits per heavy atom. The molecule has 5 aliphatic heterocycles. The average molecular weight is 427 g/mol. The third-order valence-corrected chi connectivity index (χ3v) is 5.99. The molecule has 0 saturated carbocycles. The van der Waals surface area contributed by atoms with E-state index in [2.05, 4.69) is 50.0 Å². The van der Waals surface area contributed by atoms with E-state index in [4.69, 9.17) is 15.0 Å². The molecule has 0 unspecified atom stereocenters. The maximum atomic E-state index is 4.98. The molecule has 5 heterocycles. The molecule has 158 valence electrons. The van der Waals surface area contributed by atoms with Crippen LogP contribution in [-0.2, 0) is 0 Å². The molecule has 1 aromatic carbocycles. The highest BCUT2D eigenvalue weighted by atomic mass is 14.8. The summed E-state index contributed by atoms with van der Waals surface area (Å²) in [6.45, 7) is 6.47. The second-order valence-electron chi connectivity index (χ2n) is 8.72. The van der Waals surface area contributed by atoms with Crippen molar-refractivity contribution in [2.24, 2.45) is 20.0 Å². The number of fused-ring (bicyclic) bond motifs is 4. The number of hydrogen-bond acceptors (Lipinski definition) is 4. The van der Waals surface area contributed by atoms with E-state index >= 15 is 0 Å². The van der Waals surface area contributed by atoms with Crippen LogP contribution in [0.5, 0.6) is 0 Å². The third kappa shape index (κ3) is 3.70. The normalized spacial score (nSPS) is 20.0. The lowest BCUT2D eigenvalue weighted by Gasteiger charge is -2.13. The van der Waals surface area contributed by atoms with Gasteiger partial charge in [0.1, 0.15) is 0 Å². The number of allylic oxidation sites excluding steroid dienone is 12. The third-order valence-electron chi connectivity index (χ3n) is 5.99. The minimum absolute atomic E-state index is 0.883. The fourth-order valence-corrected chi connectivity index (χ4v) is 4.70. The van der Waals surface area contributed by atoms with Crippen LogP contribution in [0, 0.1) is 20.8 Å². The van der Waals surface area contributed by atoms with E-state index in [-0.39, 0.29) is 0 Å². The Bertz CT molecular complexity index is 1480. The lowest BCUT2D eigenvalue weighted by atomic mass is 9.92. The maximum Gasteiger partial charge on any atom is 0.0737 e. The molecule has 0 aliphatic carbocycles. The minimum atomic E-state index is 0.883. The van der Waals surface area contributed by atoms with E-state index in [0.29, 0.717) is 0 Å². The lowest BCUT2D eigenvalue weighted by molar-refractivity contribution is 1.28. The maximum absolute atomic E-state index is 4.98. The predicted octanol–water partition coefficient (Wildman–Crippen LogP) is 6.03. The summed E-state index contributed by atoms with van der Waals surface area (Å²) in [6.07, 6.45) is 22.3. The fraction of sp³-hybridized carbons (Fsp3) is 0.103. The Kier molecular flexibility index (Phi) is 4.40. The van der Waals surface area contributed by atoms with Gasteiger partial charge in [0.05, 0.1) is 45.6 Å². The Morgan fingerprint density at radius 2 is 0.970 bits per heavy atom. The van der Waals surface area contributed by atoms with Gasteiger partial charge in [-0.05, 0) is 104 Å². The monoisotopic (exact) mass is 426 g/mol. The first-order valence-corrected chi connectivity index (χ1v) is 11.1. The molecule has 33 heavy (non-hydrogen) atoms. The second-order valence-corrected chi connectivity index (χ2v) is 8.72. The van der Waals surface area contributed by atoms with Crippen molar-refractivity contribution < 1.29 is 0 Å². The van der Waals surface area contributed by atoms with Gasteiger partial charge in [-0.3, -0.25) is 0 Å². The van der Waals surface area contributed by atoms with Crippen LogP contribution in [0.1, 0.15) is 22.3 Å². The number of hydrogen-bond donors (Lipinski definition) is 0. The molecule has 1 aromatic rings. The summed E-state index contributed by atoms with van der Waals surface area (Å²) >= 11 is 0. The molecule has 0 amide bonds. The van der Waals surface area contributed by atoms with E-state index in [1.807, 2.05) is 54.7 Å². The van der Waals surface area contributed by atoms with Gasteiger partial charge in [-0.1, -0.05) is 17.7 Å². The molecule has 0 aromatic heterocycles. The molecule has 0 spiro atoms. The summed E-state index contributed by atoms with van der Waals surface area (Å²) in [6, 6.07) is 4.46. The van der Waals surface area contributed by atoms with Crippen molar-refractivity contribution >= 4 is 28.4 Å². The first kappa shape index (κ1) is 19.5. The second kappa shape index (κ2) is 7.45. The molecule has 0 fully saturated rings. The van der Waals surface area contributed by atoms with Crippen molar-refractivity contribution in [3.63, 3.8) is 0 Å². The molecular formula is C29H22N4. The van der Waals surface area contributed by atoms with Gasteiger partial charge in [-0.15, -0.1) is 0 Å². The predicted molar refractivity (Wildman–Crippen MR) is 138 cm³/mol. The molecular weight excluding hydrogens is 404 g/mol. The Morgan fingerprint density at radius 1 is 0.485 bits per heavy atom. The summed E-state index contributed by atoms with van der Waals surface area (Å²) in [5.74, 6) is 0. The van der Waals surface area contributed by atoms with Gasteiger partial charge in [0.2, 0.25) is 0 Å². The van der Waals surface area contributed by atoms with Crippen LogP contribution < -0.4 is 0 Å². The van der Waals surface area contributed by atoms with E-state index in [9.17, 15) is 0 Å². The first-order valence-electron chi connectivity index (χ1n) is 11.1. The molecule has 4 nitrogen and oxygen atoms in total. The number of aryl methyl sites for hydroxylation is 3. The zero-order valence-corrected chi connectivity index (χ0v) is 18.8. The standard InChI is InChI=1S/C29H22N4/c1-17-10-18(2)29(19(3)11-17)27-15-26-14-24-7-6-22(31-24)12-20-4-5-21(30-20)13-23-8-9-25(32-23)16-28(27)33-26/h4-16H,1-3H3. The van der Waals surface area contributed by atoms with Crippen LogP contribution in [0.3, 0.4) is 0 Å². The molecule has 8 bridgehead atoms. The van der Waals surface area contributed by atoms with Crippen molar-refractivity contribution in [2.75, 3.05) is 0 Å². The van der Waals surface area contributed by atoms with E-state index in [0.717, 1.165) is 51.2 Å². The van der Waals surface area contributed by atoms with Crippen LogP contribution in [0.2, 0.25) is 0 Å². The molecule has 0 atom stereocenters. The van der Waals surface area contributed by atoms with Crippen molar-refractivity contribution in [3.8, 4) is 0 Å². The number of nitrogens with zero attached hydrogens (tertiary/aromatic N) is 4. The lowest BCUT2D eigenvalue weighted by Crippen LogP contribution is -1.97. The van der Waals surface area contributed by atoms with E-state index in [1.54, 1.807) is 0 Å². The summed E-state index contributed by atoms with van der Waals surface area (Å²) in [5, 5.41) is 0. The number of aliphatic imine (C=N–C) groups is 4. The molecule has 6 rings (SSSR count). The summed E-state index contributed by atoms with van der Waals surface area (Å²) < 4.78 is 0. The zero-order valence-electron chi connectivity index (χ0n) is 18.8. The van der Waals surface area contributed by atoms with E-state index in [1.165, 1.54) is 22.3 Å². The van der Waals surface area contributed by atoms with Gasteiger partial charge in [0, 0.05) is 5.57 Å². The highest BCUT2D eigenvalue weighted by molar-refractivity contribution is 6.19. The molecule has 5 aliphatic rings. The van der Waals surface area contributed by atoms with Crippen molar-refractivity contribution in [1.29, 1.82) is 0 Å². The molecule has 0 radical (unpaired) electrons. The smallest absolute Gasteiger partial charge is 0.0737 e. The topological polar surface area (TPSA) is 49.4 Å². The van der Waals surface area contributed by atoms with Crippen LogP contribution in [0.15, 0.2) is 122 Å². The van der Waals surface area contributed by atoms with Crippen LogP contribution >= 0.6 is 0 Å². The summed E-state index contributed by atoms with van der Waals surface area (Å²) in [4.78, 5) is 19.2. The van der Waals surface area contributed by atoms with Gasteiger partial charge in [-0.25, -0.2) is 20.0 Å². The largest absolute Gasteiger partial charge is 0.249 e. The fourth-order valence-electron chi connectivity index (χ4n) is 4.70. The average Bonchev–Trinajstić information content (AvgIpc) is 3.53. The molecule has 0 saturated heterocycles. The summed E-state index contributed by atoms with van der Waals surface area (Å²) in [5.41, 5.74) is 13.2. The quantitative estimate of drug-likeness (QED) is 0.526. The van der Waals surface area contributed by atoms with Gasteiger partial charge >= 0.3 is 0 Å².